The van der Waals surface area contributed by atoms with Gasteiger partial charge in [0.2, 0.25) is 11.8 Å². The summed E-state index contributed by atoms with van der Waals surface area (Å²) in [6, 6.07) is 24.3. The van der Waals surface area contributed by atoms with Crippen LogP contribution in [0.5, 0.6) is 0 Å². The smallest absolute Gasteiger partial charge is 0.248 e. The van der Waals surface area contributed by atoms with Gasteiger partial charge in [-0.1, -0.05) is 67.1 Å². The summed E-state index contributed by atoms with van der Waals surface area (Å²) in [4.78, 5) is 25.8. The Morgan fingerprint density at radius 2 is 1.71 bits per heavy atom. The van der Waals surface area contributed by atoms with E-state index in [2.05, 4.69) is 10.6 Å². The molecule has 0 heterocycles. The van der Waals surface area contributed by atoms with Gasteiger partial charge in [-0.05, 0) is 48.4 Å². The zero-order chi connectivity index (χ0) is 22.1. The van der Waals surface area contributed by atoms with Crippen molar-refractivity contribution < 1.29 is 9.59 Å². The van der Waals surface area contributed by atoms with Crippen LogP contribution in [0.1, 0.15) is 18.9 Å². The summed E-state index contributed by atoms with van der Waals surface area (Å²) in [6.45, 7) is 1.96. The van der Waals surface area contributed by atoms with Crippen molar-refractivity contribution in [3.63, 3.8) is 0 Å². The lowest BCUT2D eigenvalue weighted by Crippen LogP contribution is -2.24. The molecule has 31 heavy (non-hydrogen) atoms. The number of carbonyl (C=O) groups excluding carboxylic acids is 2. The van der Waals surface area contributed by atoms with Crippen LogP contribution in [0.2, 0.25) is 5.02 Å². The van der Waals surface area contributed by atoms with E-state index in [9.17, 15) is 9.59 Å². The fraction of sp³-hybridized carbons (Fsp3) is 0.120. The van der Waals surface area contributed by atoms with Gasteiger partial charge in [0.25, 0.3) is 0 Å². The number of amides is 2. The molecule has 3 rings (SSSR count). The molecular weight excluding hydrogens is 428 g/mol. The second-order valence-electron chi connectivity index (χ2n) is 6.74. The molecule has 3 aromatic carbocycles. The number of para-hydroxylation sites is 1. The lowest BCUT2D eigenvalue weighted by atomic mass is 10.2. The molecule has 0 bridgehead atoms. The summed E-state index contributed by atoms with van der Waals surface area (Å²) in [6.07, 6.45) is 3.92. The summed E-state index contributed by atoms with van der Waals surface area (Å²) >= 11 is 7.59. The molecule has 0 saturated heterocycles. The monoisotopic (exact) mass is 450 g/mol. The highest BCUT2D eigenvalue weighted by Gasteiger charge is 2.19. The number of halogens is 1. The Labute approximate surface area is 191 Å². The average molecular weight is 451 g/mol. The highest BCUT2D eigenvalue weighted by atomic mass is 35.5. The SMILES string of the molecule is CCC(Sc1cccc(NC(=O)/C=C/c2ccccc2)c1)C(=O)Nc1ccccc1Cl. The summed E-state index contributed by atoms with van der Waals surface area (Å²) in [5.74, 6) is -0.324. The van der Waals surface area contributed by atoms with E-state index in [4.69, 9.17) is 11.6 Å². The molecule has 0 fully saturated rings. The van der Waals surface area contributed by atoms with Crippen molar-refractivity contribution in [2.45, 2.75) is 23.5 Å². The molecule has 0 radical (unpaired) electrons. The normalized spacial score (nSPS) is 11.8. The molecular formula is C25H23ClN2O2S. The molecule has 2 N–H and O–H groups in total. The highest BCUT2D eigenvalue weighted by Crippen LogP contribution is 2.29. The minimum Gasteiger partial charge on any atom is -0.324 e. The number of rotatable bonds is 8. The molecule has 4 nitrogen and oxygen atoms in total. The zero-order valence-electron chi connectivity index (χ0n) is 17.0. The van der Waals surface area contributed by atoms with Gasteiger partial charge in [0.15, 0.2) is 0 Å². The van der Waals surface area contributed by atoms with Gasteiger partial charge in [0.05, 0.1) is 16.0 Å². The maximum atomic E-state index is 12.7. The third-order valence-corrected chi connectivity index (χ3v) is 6.09. The fourth-order valence-electron chi connectivity index (χ4n) is 2.83. The highest BCUT2D eigenvalue weighted by molar-refractivity contribution is 8.00. The number of anilines is 2. The van der Waals surface area contributed by atoms with Crippen LogP contribution < -0.4 is 10.6 Å². The van der Waals surface area contributed by atoms with Crippen LogP contribution in [-0.4, -0.2) is 17.1 Å². The van der Waals surface area contributed by atoms with E-state index in [1.165, 1.54) is 17.8 Å². The number of nitrogens with one attached hydrogen (secondary N) is 2. The first-order valence-electron chi connectivity index (χ1n) is 9.91. The molecule has 0 aliphatic heterocycles. The summed E-state index contributed by atoms with van der Waals surface area (Å²) in [7, 11) is 0. The molecule has 1 atom stereocenters. The van der Waals surface area contributed by atoms with Crippen molar-refractivity contribution in [1.82, 2.24) is 0 Å². The minimum atomic E-state index is -0.291. The predicted molar refractivity (Wildman–Crippen MR) is 131 cm³/mol. The third-order valence-electron chi connectivity index (χ3n) is 4.40. The Hall–Kier alpha value is -3.02. The summed E-state index contributed by atoms with van der Waals surface area (Å²) < 4.78 is 0. The molecule has 0 aliphatic rings. The van der Waals surface area contributed by atoms with E-state index < -0.39 is 0 Å². The Morgan fingerprint density at radius 1 is 0.968 bits per heavy atom. The van der Waals surface area contributed by atoms with E-state index in [0.717, 1.165) is 10.5 Å². The van der Waals surface area contributed by atoms with Crippen LogP contribution in [0.3, 0.4) is 0 Å². The minimum absolute atomic E-state index is 0.110. The molecule has 2 amide bonds. The molecule has 1 unspecified atom stereocenters. The first-order chi connectivity index (χ1) is 15.0. The number of hydrogen-bond donors (Lipinski definition) is 2. The number of hydrogen-bond acceptors (Lipinski definition) is 3. The summed E-state index contributed by atoms with van der Waals surface area (Å²) in [5.41, 5.74) is 2.23. The summed E-state index contributed by atoms with van der Waals surface area (Å²) in [5, 5.41) is 5.97. The van der Waals surface area contributed by atoms with Crippen molar-refractivity contribution in [2.24, 2.45) is 0 Å². The quantitative estimate of drug-likeness (QED) is 0.304. The Balaban J connectivity index is 1.62. The van der Waals surface area contributed by atoms with Crippen LogP contribution >= 0.6 is 23.4 Å². The van der Waals surface area contributed by atoms with Gasteiger partial charge in [-0.2, -0.15) is 0 Å². The van der Waals surface area contributed by atoms with Crippen molar-refractivity contribution >= 4 is 52.6 Å². The van der Waals surface area contributed by atoms with E-state index in [0.29, 0.717) is 22.8 Å². The Morgan fingerprint density at radius 3 is 2.45 bits per heavy atom. The first-order valence-corrected chi connectivity index (χ1v) is 11.2. The van der Waals surface area contributed by atoms with Crippen molar-refractivity contribution in [2.75, 3.05) is 10.6 Å². The number of thioether (sulfide) groups is 1. The van der Waals surface area contributed by atoms with Crippen LogP contribution in [0.4, 0.5) is 11.4 Å². The molecule has 0 spiro atoms. The second kappa shape index (κ2) is 11.4. The average Bonchev–Trinajstić information content (AvgIpc) is 2.78. The van der Waals surface area contributed by atoms with Gasteiger partial charge < -0.3 is 10.6 Å². The number of carbonyl (C=O) groups is 2. The second-order valence-corrected chi connectivity index (χ2v) is 8.43. The van der Waals surface area contributed by atoms with Gasteiger partial charge >= 0.3 is 0 Å². The first kappa shape index (κ1) is 22.7. The lowest BCUT2D eigenvalue weighted by molar-refractivity contribution is -0.115. The predicted octanol–water partition coefficient (Wildman–Crippen LogP) is 6.50. The zero-order valence-corrected chi connectivity index (χ0v) is 18.6. The Kier molecular flexibility index (Phi) is 8.33. The van der Waals surface area contributed by atoms with Gasteiger partial charge in [0, 0.05) is 16.7 Å². The fourth-order valence-corrected chi connectivity index (χ4v) is 4.03. The maximum absolute atomic E-state index is 12.7. The van der Waals surface area contributed by atoms with Crippen LogP contribution in [0.25, 0.3) is 6.08 Å². The van der Waals surface area contributed by atoms with Gasteiger partial charge in [-0.3, -0.25) is 9.59 Å². The molecule has 0 aromatic heterocycles. The number of benzene rings is 3. The van der Waals surface area contributed by atoms with E-state index >= 15 is 0 Å². The third kappa shape index (κ3) is 7.02. The van der Waals surface area contributed by atoms with Crippen molar-refractivity contribution in [3.8, 4) is 0 Å². The van der Waals surface area contributed by atoms with E-state index in [1.807, 2.05) is 73.7 Å². The molecule has 0 saturated carbocycles. The molecule has 158 valence electrons. The lowest BCUT2D eigenvalue weighted by Gasteiger charge is -2.16. The standard InChI is InChI=1S/C25H23ClN2O2S/c1-2-23(25(30)28-22-14-7-6-13-21(22)26)31-20-12-8-11-19(17-20)27-24(29)16-15-18-9-4-3-5-10-18/h3-17,23H,2H2,1H3,(H,27,29)(H,28,30)/b16-15+. The van der Waals surface area contributed by atoms with E-state index in [-0.39, 0.29) is 17.1 Å². The van der Waals surface area contributed by atoms with Gasteiger partial charge in [0.1, 0.15) is 0 Å². The molecule has 0 aliphatic carbocycles. The van der Waals surface area contributed by atoms with E-state index in [1.54, 1.807) is 18.2 Å². The topological polar surface area (TPSA) is 58.2 Å². The molecule has 6 heteroatoms. The Bertz CT molecular complexity index is 1070. The van der Waals surface area contributed by atoms with Crippen LogP contribution in [-0.2, 0) is 9.59 Å². The van der Waals surface area contributed by atoms with Crippen molar-refractivity contribution in [1.29, 1.82) is 0 Å². The maximum Gasteiger partial charge on any atom is 0.248 e. The largest absolute Gasteiger partial charge is 0.324 e. The van der Waals surface area contributed by atoms with Gasteiger partial charge in [-0.15, -0.1) is 11.8 Å². The van der Waals surface area contributed by atoms with Gasteiger partial charge in [-0.25, -0.2) is 0 Å². The van der Waals surface area contributed by atoms with Crippen LogP contribution in [0, 0.1) is 0 Å². The van der Waals surface area contributed by atoms with Crippen LogP contribution in [0.15, 0.2) is 89.8 Å². The van der Waals surface area contributed by atoms with Crippen molar-refractivity contribution in [3.05, 3.63) is 95.5 Å². The molecule has 3 aromatic rings.